The fourth-order valence-corrected chi connectivity index (χ4v) is 2.40. The molecule has 9 heavy (non-hydrogen) atoms. The van der Waals surface area contributed by atoms with Crippen molar-refractivity contribution in [2.75, 3.05) is 12.8 Å². The number of sulfone groups is 1. The molecular weight excluding hydrogens is 138 g/mol. The Morgan fingerprint density at radius 2 is 2.22 bits per heavy atom. The summed E-state index contributed by atoms with van der Waals surface area (Å²) in [5.74, 6) is 0.250. The van der Waals surface area contributed by atoms with Gasteiger partial charge in [-0.25, -0.2) is 8.42 Å². The first-order valence-electron chi connectivity index (χ1n) is 2.94. The fourth-order valence-electron chi connectivity index (χ4n) is 0.992. The van der Waals surface area contributed by atoms with Gasteiger partial charge in [-0.1, -0.05) is 0 Å². The number of nitrogens with two attached hydrogens (primary N) is 1. The van der Waals surface area contributed by atoms with E-state index < -0.39 is 9.84 Å². The Kier molecular flexibility index (Phi) is 1.52. The Morgan fingerprint density at radius 1 is 1.67 bits per heavy atom. The first-order chi connectivity index (χ1) is 4.05. The Bertz CT molecular complexity index is 197. The van der Waals surface area contributed by atoms with Crippen molar-refractivity contribution in [1.82, 2.24) is 0 Å². The molecule has 0 saturated heterocycles. The van der Waals surface area contributed by atoms with Crippen LogP contribution in [0, 0.1) is 5.92 Å². The molecule has 2 N–H and O–H groups in total. The summed E-state index contributed by atoms with van der Waals surface area (Å²) in [6.45, 7) is 0.512. The van der Waals surface area contributed by atoms with Gasteiger partial charge < -0.3 is 5.73 Å². The normalized spacial score (nSPS) is 34.4. The molecule has 0 aromatic rings. The first-order valence-corrected chi connectivity index (χ1v) is 4.90. The van der Waals surface area contributed by atoms with Crippen LogP contribution in [0.1, 0.15) is 6.42 Å². The van der Waals surface area contributed by atoms with Gasteiger partial charge in [-0.05, 0) is 18.9 Å². The van der Waals surface area contributed by atoms with Crippen molar-refractivity contribution < 1.29 is 8.42 Å². The molecule has 2 atom stereocenters. The lowest BCUT2D eigenvalue weighted by Crippen LogP contribution is -2.11. The molecule has 0 heterocycles. The Labute approximate surface area is 55.2 Å². The summed E-state index contributed by atoms with van der Waals surface area (Å²) in [4.78, 5) is 0. The Hall–Kier alpha value is -0.0900. The largest absolute Gasteiger partial charge is 0.330 e. The molecule has 0 aliphatic heterocycles. The molecule has 1 rings (SSSR count). The SMILES string of the molecule is CS(=O)(=O)[C@@H]1C[C@H]1CN. The molecule has 0 aromatic heterocycles. The quantitative estimate of drug-likeness (QED) is 0.569. The van der Waals surface area contributed by atoms with Gasteiger partial charge in [0.1, 0.15) is 0 Å². The molecule has 54 valence electrons. The standard InChI is InChI=1S/C5H11NO2S/c1-9(7,8)5-2-4(5)3-6/h4-5H,2-3,6H2,1H3/t4-,5+/m0/s1. The maximum atomic E-state index is 10.7. The third-order valence-corrected chi connectivity index (χ3v) is 3.39. The van der Waals surface area contributed by atoms with Crippen LogP contribution in [0.15, 0.2) is 0 Å². The van der Waals surface area contributed by atoms with Crippen molar-refractivity contribution in [2.45, 2.75) is 11.7 Å². The van der Waals surface area contributed by atoms with Gasteiger partial charge in [-0.2, -0.15) is 0 Å². The first kappa shape index (κ1) is 7.02. The Morgan fingerprint density at radius 3 is 2.33 bits per heavy atom. The lowest BCUT2D eigenvalue weighted by molar-refractivity contribution is 0.598. The molecule has 4 heteroatoms. The molecule has 1 saturated carbocycles. The van der Waals surface area contributed by atoms with Crippen molar-refractivity contribution >= 4 is 9.84 Å². The van der Waals surface area contributed by atoms with E-state index in [0.29, 0.717) is 6.54 Å². The lowest BCUT2D eigenvalue weighted by Gasteiger charge is -1.90. The van der Waals surface area contributed by atoms with Crippen molar-refractivity contribution in [1.29, 1.82) is 0 Å². The van der Waals surface area contributed by atoms with E-state index in [1.165, 1.54) is 6.26 Å². The minimum atomic E-state index is -2.77. The van der Waals surface area contributed by atoms with Gasteiger partial charge in [0.2, 0.25) is 0 Å². The number of hydrogen-bond donors (Lipinski definition) is 1. The monoisotopic (exact) mass is 149 g/mol. The van der Waals surface area contributed by atoms with Crippen LogP contribution in [0.2, 0.25) is 0 Å². The molecule has 0 spiro atoms. The molecule has 0 amide bonds. The van der Waals surface area contributed by atoms with Crippen molar-refractivity contribution in [3.05, 3.63) is 0 Å². The zero-order valence-corrected chi connectivity index (χ0v) is 6.19. The summed E-state index contributed by atoms with van der Waals surface area (Å²) in [5, 5.41) is -0.123. The fraction of sp³-hybridized carbons (Fsp3) is 1.00. The van der Waals surface area contributed by atoms with Crippen molar-refractivity contribution in [2.24, 2.45) is 11.7 Å². The highest BCUT2D eigenvalue weighted by Crippen LogP contribution is 2.35. The molecular formula is C5H11NO2S. The summed E-state index contributed by atoms with van der Waals surface area (Å²) in [5.41, 5.74) is 5.26. The number of rotatable bonds is 2. The van der Waals surface area contributed by atoms with Crippen LogP contribution in [0.4, 0.5) is 0 Å². The van der Waals surface area contributed by atoms with Gasteiger partial charge >= 0.3 is 0 Å². The average molecular weight is 149 g/mol. The highest BCUT2D eigenvalue weighted by Gasteiger charge is 2.43. The maximum Gasteiger partial charge on any atom is 0.150 e. The molecule has 0 radical (unpaired) electrons. The summed E-state index contributed by atoms with van der Waals surface area (Å²) in [6.07, 6.45) is 2.04. The number of hydrogen-bond acceptors (Lipinski definition) is 3. The Balaban J connectivity index is 2.53. The summed E-state index contributed by atoms with van der Waals surface area (Å²) < 4.78 is 21.4. The van der Waals surface area contributed by atoms with E-state index in [1.54, 1.807) is 0 Å². The molecule has 0 aromatic carbocycles. The maximum absolute atomic E-state index is 10.7. The zero-order chi connectivity index (χ0) is 7.07. The van der Waals surface area contributed by atoms with Crippen LogP contribution in [-0.2, 0) is 9.84 Å². The predicted octanol–water partition coefficient (Wildman–Crippen LogP) is -0.622. The van der Waals surface area contributed by atoms with Crippen LogP contribution >= 0.6 is 0 Å². The second kappa shape index (κ2) is 1.95. The third kappa shape index (κ3) is 1.43. The minimum absolute atomic E-state index is 0.123. The van der Waals surface area contributed by atoms with Gasteiger partial charge in [0.15, 0.2) is 9.84 Å². The van der Waals surface area contributed by atoms with Crippen LogP contribution in [-0.4, -0.2) is 26.5 Å². The smallest absolute Gasteiger partial charge is 0.150 e. The molecule has 3 nitrogen and oxygen atoms in total. The van der Waals surface area contributed by atoms with Gasteiger partial charge in [0.05, 0.1) is 5.25 Å². The van der Waals surface area contributed by atoms with E-state index in [9.17, 15) is 8.42 Å². The van der Waals surface area contributed by atoms with Crippen LogP contribution in [0.25, 0.3) is 0 Å². The second-order valence-electron chi connectivity index (χ2n) is 2.60. The topological polar surface area (TPSA) is 60.2 Å². The van der Waals surface area contributed by atoms with Crippen LogP contribution in [0.3, 0.4) is 0 Å². The van der Waals surface area contributed by atoms with Gasteiger partial charge in [-0.15, -0.1) is 0 Å². The van der Waals surface area contributed by atoms with Gasteiger partial charge in [0, 0.05) is 6.26 Å². The lowest BCUT2D eigenvalue weighted by atomic mass is 10.4. The summed E-state index contributed by atoms with van der Waals surface area (Å²) in [7, 11) is -2.77. The zero-order valence-electron chi connectivity index (χ0n) is 5.37. The van der Waals surface area contributed by atoms with Gasteiger partial charge in [0.25, 0.3) is 0 Å². The van der Waals surface area contributed by atoms with Crippen LogP contribution < -0.4 is 5.73 Å². The van der Waals surface area contributed by atoms with Crippen LogP contribution in [0.5, 0.6) is 0 Å². The van der Waals surface area contributed by atoms with E-state index in [4.69, 9.17) is 5.73 Å². The molecule has 1 aliphatic rings. The van der Waals surface area contributed by atoms with E-state index >= 15 is 0 Å². The minimum Gasteiger partial charge on any atom is -0.330 e. The highest BCUT2D eigenvalue weighted by molar-refractivity contribution is 7.91. The molecule has 1 fully saturated rings. The molecule has 1 aliphatic carbocycles. The second-order valence-corrected chi connectivity index (χ2v) is 4.86. The third-order valence-electron chi connectivity index (χ3n) is 1.71. The van der Waals surface area contributed by atoms with E-state index in [1.807, 2.05) is 0 Å². The van der Waals surface area contributed by atoms with Gasteiger partial charge in [-0.3, -0.25) is 0 Å². The highest BCUT2D eigenvalue weighted by atomic mass is 32.2. The summed E-state index contributed by atoms with van der Waals surface area (Å²) in [6, 6.07) is 0. The molecule has 0 bridgehead atoms. The van der Waals surface area contributed by atoms with Crippen molar-refractivity contribution in [3.8, 4) is 0 Å². The average Bonchev–Trinajstić information content (AvgIpc) is 2.39. The van der Waals surface area contributed by atoms with Crippen molar-refractivity contribution in [3.63, 3.8) is 0 Å². The predicted molar refractivity (Wildman–Crippen MR) is 35.8 cm³/mol. The van der Waals surface area contributed by atoms with E-state index in [2.05, 4.69) is 0 Å². The van der Waals surface area contributed by atoms with E-state index in [-0.39, 0.29) is 11.2 Å². The summed E-state index contributed by atoms with van der Waals surface area (Å²) >= 11 is 0. The van der Waals surface area contributed by atoms with E-state index in [0.717, 1.165) is 6.42 Å². The molecule has 0 unspecified atom stereocenters.